The molecule has 0 aliphatic rings. The number of carboxylic acid groups (broad SMARTS) is 1. The number of H-pyrrole nitrogens is 1. The first-order chi connectivity index (χ1) is 7.99. The zero-order chi connectivity index (χ0) is 12.6. The summed E-state index contributed by atoms with van der Waals surface area (Å²) in [6, 6.07) is 4.79. The van der Waals surface area contributed by atoms with Gasteiger partial charge in [-0.05, 0) is 24.3 Å². The number of nitrogens with one attached hydrogen (secondary N) is 1. The normalized spacial score (nSPS) is 10.5. The number of aromatic nitrogens is 1. The molecule has 0 saturated carbocycles. The molecule has 0 unspecified atom stereocenters. The van der Waals surface area contributed by atoms with Crippen LogP contribution < -0.4 is 0 Å². The van der Waals surface area contributed by atoms with Gasteiger partial charge in [-0.1, -0.05) is 11.6 Å². The summed E-state index contributed by atoms with van der Waals surface area (Å²) in [5.41, 5.74) is 0.435. The molecule has 2 aromatic rings. The van der Waals surface area contributed by atoms with Crippen molar-refractivity contribution in [2.75, 3.05) is 0 Å². The van der Waals surface area contributed by atoms with E-state index in [0.29, 0.717) is 5.69 Å². The smallest absolute Gasteiger partial charge is 0.352 e. The summed E-state index contributed by atoms with van der Waals surface area (Å²) in [4.78, 5) is 13.2. The van der Waals surface area contributed by atoms with E-state index in [1.54, 1.807) is 0 Å². The van der Waals surface area contributed by atoms with Crippen molar-refractivity contribution >= 4 is 17.6 Å². The zero-order valence-electron chi connectivity index (χ0n) is 8.30. The van der Waals surface area contributed by atoms with Crippen molar-refractivity contribution in [2.24, 2.45) is 0 Å². The molecule has 0 aliphatic carbocycles. The van der Waals surface area contributed by atoms with Gasteiger partial charge in [-0.2, -0.15) is 0 Å². The molecule has 1 heterocycles. The molecule has 1 aromatic carbocycles. The van der Waals surface area contributed by atoms with Crippen LogP contribution in [-0.2, 0) is 0 Å². The molecule has 17 heavy (non-hydrogen) atoms. The molecule has 3 nitrogen and oxygen atoms in total. The average Bonchev–Trinajstić information content (AvgIpc) is 2.74. The molecule has 2 N–H and O–H groups in total. The van der Waals surface area contributed by atoms with Crippen LogP contribution in [0.2, 0.25) is 5.02 Å². The van der Waals surface area contributed by atoms with Crippen LogP contribution in [0, 0.1) is 11.6 Å². The van der Waals surface area contributed by atoms with Gasteiger partial charge in [0.2, 0.25) is 0 Å². The van der Waals surface area contributed by atoms with Crippen molar-refractivity contribution in [3.05, 3.63) is 46.6 Å². The predicted octanol–water partition coefficient (Wildman–Crippen LogP) is 3.31. The highest BCUT2D eigenvalue weighted by Gasteiger charge is 2.12. The molecule has 0 spiro atoms. The zero-order valence-corrected chi connectivity index (χ0v) is 9.05. The molecule has 0 saturated heterocycles. The minimum atomic E-state index is -1.15. The van der Waals surface area contributed by atoms with Crippen LogP contribution in [0.15, 0.2) is 24.3 Å². The van der Waals surface area contributed by atoms with Crippen molar-refractivity contribution in [2.45, 2.75) is 0 Å². The highest BCUT2D eigenvalue weighted by atomic mass is 35.5. The third-order valence-corrected chi connectivity index (χ3v) is 2.57. The van der Waals surface area contributed by atoms with Gasteiger partial charge in [-0.15, -0.1) is 0 Å². The second kappa shape index (κ2) is 4.18. The van der Waals surface area contributed by atoms with Gasteiger partial charge < -0.3 is 10.1 Å². The highest BCUT2D eigenvalue weighted by molar-refractivity contribution is 6.31. The molecular weight excluding hydrogens is 252 g/mol. The lowest BCUT2D eigenvalue weighted by molar-refractivity contribution is 0.0691. The number of carboxylic acids is 1. The summed E-state index contributed by atoms with van der Waals surface area (Å²) in [6.45, 7) is 0. The second-order valence-corrected chi connectivity index (χ2v) is 3.72. The Hall–Kier alpha value is -1.88. The molecule has 0 radical (unpaired) electrons. The standard InChI is InChI=1S/C11H6ClF2NO2/c12-10-6(13)3-5(4-7(10)14)8-1-2-9(15-8)11(16)17/h1-4,15H,(H,16,17). The van der Waals surface area contributed by atoms with E-state index in [0.717, 1.165) is 12.1 Å². The summed E-state index contributed by atoms with van der Waals surface area (Å²) in [7, 11) is 0. The van der Waals surface area contributed by atoms with Crippen LogP contribution >= 0.6 is 11.6 Å². The SMILES string of the molecule is O=C(O)c1ccc(-c2cc(F)c(Cl)c(F)c2)[nH]1. The lowest BCUT2D eigenvalue weighted by atomic mass is 10.1. The molecule has 0 atom stereocenters. The fourth-order valence-corrected chi connectivity index (χ4v) is 1.51. The van der Waals surface area contributed by atoms with E-state index in [1.165, 1.54) is 12.1 Å². The molecule has 1 aromatic heterocycles. The number of hydrogen-bond donors (Lipinski definition) is 2. The first kappa shape index (κ1) is 11.6. The quantitative estimate of drug-likeness (QED) is 0.811. The Morgan fingerprint density at radius 1 is 1.24 bits per heavy atom. The van der Waals surface area contributed by atoms with Crippen LogP contribution in [0.1, 0.15) is 10.5 Å². The topological polar surface area (TPSA) is 53.1 Å². The fourth-order valence-electron chi connectivity index (χ4n) is 1.40. The largest absolute Gasteiger partial charge is 0.477 e. The lowest BCUT2D eigenvalue weighted by Crippen LogP contribution is -1.95. The van der Waals surface area contributed by atoms with Crippen molar-refractivity contribution in [1.82, 2.24) is 4.98 Å². The Bertz CT molecular complexity index is 572. The summed E-state index contributed by atoms with van der Waals surface area (Å²) in [5, 5.41) is 8.11. The third kappa shape index (κ3) is 2.14. The second-order valence-electron chi connectivity index (χ2n) is 3.34. The van der Waals surface area contributed by atoms with Crippen LogP contribution in [0.25, 0.3) is 11.3 Å². The summed E-state index contributed by atoms with van der Waals surface area (Å²) < 4.78 is 26.4. The number of carbonyl (C=O) groups is 1. The Morgan fingerprint density at radius 2 is 1.82 bits per heavy atom. The first-order valence-corrected chi connectivity index (χ1v) is 4.94. The number of rotatable bonds is 2. The molecule has 6 heteroatoms. The van der Waals surface area contributed by atoms with Crippen LogP contribution in [-0.4, -0.2) is 16.1 Å². The van der Waals surface area contributed by atoms with E-state index in [-0.39, 0.29) is 11.3 Å². The minimum Gasteiger partial charge on any atom is -0.477 e. The Labute approximate surface area is 99.7 Å². The van der Waals surface area contributed by atoms with Gasteiger partial charge in [0.25, 0.3) is 0 Å². The third-order valence-electron chi connectivity index (χ3n) is 2.21. The number of aromatic carboxylic acids is 1. The molecule has 0 aliphatic heterocycles. The Kier molecular flexibility index (Phi) is 2.85. The van der Waals surface area contributed by atoms with Crippen molar-refractivity contribution in [1.29, 1.82) is 0 Å². The van der Waals surface area contributed by atoms with Gasteiger partial charge in [-0.3, -0.25) is 0 Å². The number of benzene rings is 1. The number of halogens is 3. The number of aromatic amines is 1. The maximum Gasteiger partial charge on any atom is 0.352 e. The van der Waals surface area contributed by atoms with Crippen LogP contribution in [0.3, 0.4) is 0 Å². The predicted molar refractivity (Wildman–Crippen MR) is 58.1 cm³/mol. The minimum absolute atomic E-state index is 0.0595. The van der Waals surface area contributed by atoms with Crippen LogP contribution in [0.5, 0.6) is 0 Å². The molecule has 0 fully saturated rings. The average molecular weight is 258 g/mol. The van der Waals surface area contributed by atoms with Crippen molar-refractivity contribution in [3.8, 4) is 11.3 Å². The molecular formula is C11H6ClF2NO2. The number of hydrogen-bond acceptors (Lipinski definition) is 1. The van der Waals surface area contributed by atoms with E-state index in [4.69, 9.17) is 16.7 Å². The van der Waals surface area contributed by atoms with Gasteiger partial charge in [0, 0.05) is 11.3 Å². The van der Waals surface area contributed by atoms with E-state index in [9.17, 15) is 13.6 Å². The molecule has 0 bridgehead atoms. The van der Waals surface area contributed by atoms with Gasteiger partial charge >= 0.3 is 5.97 Å². The van der Waals surface area contributed by atoms with E-state index in [2.05, 4.69) is 4.98 Å². The summed E-state index contributed by atoms with van der Waals surface area (Å²) in [5.74, 6) is -2.94. The Balaban J connectivity index is 2.49. The maximum atomic E-state index is 13.2. The molecule has 0 amide bonds. The first-order valence-electron chi connectivity index (χ1n) is 4.56. The van der Waals surface area contributed by atoms with E-state index >= 15 is 0 Å². The highest BCUT2D eigenvalue weighted by Crippen LogP contribution is 2.26. The fraction of sp³-hybridized carbons (Fsp3) is 0. The van der Waals surface area contributed by atoms with Gasteiger partial charge in [0.15, 0.2) is 0 Å². The Morgan fingerprint density at radius 3 is 2.29 bits per heavy atom. The van der Waals surface area contributed by atoms with Crippen molar-refractivity contribution < 1.29 is 18.7 Å². The summed E-state index contributed by atoms with van der Waals surface area (Å²) >= 11 is 5.34. The van der Waals surface area contributed by atoms with Gasteiger partial charge in [0.05, 0.1) is 0 Å². The van der Waals surface area contributed by atoms with Crippen molar-refractivity contribution in [3.63, 3.8) is 0 Å². The summed E-state index contributed by atoms with van der Waals surface area (Å²) in [6.07, 6.45) is 0. The lowest BCUT2D eigenvalue weighted by Gasteiger charge is -2.01. The van der Waals surface area contributed by atoms with Crippen LogP contribution in [0.4, 0.5) is 8.78 Å². The monoisotopic (exact) mass is 257 g/mol. The molecule has 88 valence electrons. The van der Waals surface area contributed by atoms with Gasteiger partial charge in [-0.25, -0.2) is 13.6 Å². The van der Waals surface area contributed by atoms with Gasteiger partial charge in [0.1, 0.15) is 22.4 Å². The molecule has 2 rings (SSSR count). The van der Waals surface area contributed by atoms with E-state index in [1.807, 2.05) is 0 Å². The van der Waals surface area contributed by atoms with E-state index < -0.39 is 22.6 Å². The maximum absolute atomic E-state index is 13.2.